The van der Waals surface area contributed by atoms with Crippen LogP contribution in [0.5, 0.6) is 11.5 Å². The number of hydrogen-bond acceptors (Lipinski definition) is 3. The Kier molecular flexibility index (Phi) is 4.37. The summed E-state index contributed by atoms with van der Waals surface area (Å²) in [7, 11) is 3.06. The van der Waals surface area contributed by atoms with Crippen LogP contribution in [0.3, 0.4) is 0 Å². The van der Waals surface area contributed by atoms with Gasteiger partial charge in [0.05, 0.1) is 14.2 Å². The number of benzene rings is 1. The number of ether oxygens (including phenoxy) is 2. The van der Waals surface area contributed by atoms with E-state index in [2.05, 4.69) is 0 Å². The third-order valence-electron chi connectivity index (χ3n) is 2.20. The van der Waals surface area contributed by atoms with Crippen LogP contribution in [0.1, 0.15) is 18.2 Å². The maximum absolute atomic E-state index is 13.6. The van der Waals surface area contributed by atoms with Crippen LogP contribution in [-0.2, 0) is 0 Å². The largest absolute Gasteiger partial charge is 0.497 e. The fourth-order valence-corrected chi connectivity index (χ4v) is 1.38. The highest BCUT2D eigenvalue weighted by Gasteiger charge is 2.14. The molecule has 0 aliphatic carbocycles. The van der Waals surface area contributed by atoms with E-state index in [1.54, 1.807) is 25.3 Å². The monoisotopic (exact) mass is 213 g/mol. The third-order valence-corrected chi connectivity index (χ3v) is 2.20. The summed E-state index contributed by atoms with van der Waals surface area (Å²) in [6, 6.07) is 5.04. The van der Waals surface area contributed by atoms with Crippen molar-refractivity contribution in [3.63, 3.8) is 0 Å². The van der Waals surface area contributed by atoms with Crippen LogP contribution in [0.4, 0.5) is 4.39 Å². The quantitative estimate of drug-likeness (QED) is 0.814. The molecule has 84 valence electrons. The summed E-state index contributed by atoms with van der Waals surface area (Å²) < 4.78 is 23.7. The van der Waals surface area contributed by atoms with Gasteiger partial charge in [-0.1, -0.05) is 0 Å². The average molecular weight is 213 g/mol. The molecular weight excluding hydrogens is 197 g/mol. The second-order valence-electron chi connectivity index (χ2n) is 3.15. The zero-order valence-electron chi connectivity index (χ0n) is 9.00. The lowest BCUT2D eigenvalue weighted by Gasteiger charge is -2.13. The van der Waals surface area contributed by atoms with Crippen molar-refractivity contribution in [1.82, 2.24) is 0 Å². The molecule has 15 heavy (non-hydrogen) atoms. The zero-order valence-corrected chi connectivity index (χ0v) is 9.00. The molecule has 1 unspecified atom stereocenters. The summed E-state index contributed by atoms with van der Waals surface area (Å²) in [5.41, 5.74) is 5.83. The van der Waals surface area contributed by atoms with E-state index >= 15 is 0 Å². The van der Waals surface area contributed by atoms with Crippen LogP contribution >= 0.6 is 0 Å². The molecule has 0 heterocycles. The number of halogens is 1. The lowest BCUT2D eigenvalue weighted by molar-refractivity contribution is 0.309. The van der Waals surface area contributed by atoms with Crippen molar-refractivity contribution in [1.29, 1.82) is 0 Å². The van der Waals surface area contributed by atoms with Gasteiger partial charge in [0.1, 0.15) is 17.7 Å². The summed E-state index contributed by atoms with van der Waals surface area (Å²) in [5.74, 6) is 1.14. The molecule has 0 bridgehead atoms. The van der Waals surface area contributed by atoms with Gasteiger partial charge in [0.2, 0.25) is 0 Å². The Morgan fingerprint density at radius 3 is 2.60 bits per heavy atom. The van der Waals surface area contributed by atoms with Gasteiger partial charge >= 0.3 is 0 Å². The standard InChI is InChI=1S/C11H16FNO2/c1-14-8-3-4-9(10(12)5-6-13)11(7-8)15-2/h3-4,7,10H,5-6,13H2,1-2H3. The van der Waals surface area contributed by atoms with Gasteiger partial charge < -0.3 is 15.2 Å². The minimum atomic E-state index is -1.09. The van der Waals surface area contributed by atoms with Crippen molar-refractivity contribution in [2.24, 2.45) is 5.73 Å². The molecule has 0 saturated carbocycles. The molecule has 1 atom stereocenters. The highest BCUT2D eigenvalue weighted by Crippen LogP contribution is 2.32. The first-order chi connectivity index (χ1) is 7.22. The minimum absolute atomic E-state index is 0.294. The van der Waals surface area contributed by atoms with Crippen LogP contribution in [0, 0.1) is 0 Å². The first-order valence-corrected chi connectivity index (χ1v) is 4.79. The molecular formula is C11H16FNO2. The second-order valence-corrected chi connectivity index (χ2v) is 3.15. The summed E-state index contributed by atoms with van der Waals surface area (Å²) in [6.07, 6.45) is -0.793. The van der Waals surface area contributed by atoms with Gasteiger partial charge in [-0.2, -0.15) is 0 Å². The molecule has 0 aromatic heterocycles. The molecule has 1 aromatic carbocycles. The molecule has 0 aliphatic heterocycles. The van der Waals surface area contributed by atoms with Crippen LogP contribution in [0.2, 0.25) is 0 Å². The minimum Gasteiger partial charge on any atom is -0.497 e. The maximum Gasteiger partial charge on any atom is 0.130 e. The first kappa shape index (κ1) is 11.8. The number of hydrogen-bond donors (Lipinski definition) is 1. The highest BCUT2D eigenvalue weighted by atomic mass is 19.1. The van der Waals surface area contributed by atoms with Gasteiger partial charge in [-0.3, -0.25) is 0 Å². The third kappa shape index (κ3) is 2.83. The molecule has 1 rings (SSSR count). The Morgan fingerprint density at radius 1 is 1.33 bits per heavy atom. The number of nitrogens with two attached hydrogens (primary N) is 1. The summed E-state index contributed by atoms with van der Waals surface area (Å²) in [5, 5.41) is 0. The summed E-state index contributed by atoms with van der Waals surface area (Å²) in [6.45, 7) is 0.316. The van der Waals surface area contributed by atoms with Gasteiger partial charge in [0, 0.05) is 11.6 Å². The normalized spacial score (nSPS) is 12.3. The number of rotatable bonds is 5. The number of alkyl halides is 1. The summed E-state index contributed by atoms with van der Waals surface area (Å²) >= 11 is 0. The van der Waals surface area contributed by atoms with Gasteiger partial charge in [-0.05, 0) is 25.1 Å². The van der Waals surface area contributed by atoms with Crippen LogP contribution < -0.4 is 15.2 Å². The molecule has 4 heteroatoms. The van der Waals surface area contributed by atoms with E-state index in [0.717, 1.165) is 0 Å². The highest BCUT2D eigenvalue weighted by molar-refractivity contribution is 5.41. The average Bonchev–Trinajstić information content (AvgIpc) is 2.28. The van der Waals surface area contributed by atoms with E-state index in [4.69, 9.17) is 15.2 Å². The zero-order chi connectivity index (χ0) is 11.3. The van der Waals surface area contributed by atoms with E-state index < -0.39 is 6.17 Å². The Balaban J connectivity index is 2.96. The smallest absolute Gasteiger partial charge is 0.130 e. The molecule has 0 fully saturated rings. The van der Waals surface area contributed by atoms with E-state index in [1.807, 2.05) is 0 Å². The Morgan fingerprint density at radius 2 is 2.07 bits per heavy atom. The van der Waals surface area contributed by atoms with Gasteiger partial charge in [0.25, 0.3) is 0 Å². The molecule has 1 aromatic rings. The van der Waals surface area contributed by atoms with Crippen LogP contribution in [0.15, 0.2) is 18.2 Å². The maximum atomic E-state index is 13.6. The van der Waals surface area contributed by atoms with Crippen molar-refractivity contribution < 1.29 is 13.9 Å². The van der Waals surface area contributed by atoms with Crippen LogP contribution in [0.25, 0.3) is 0 Å². The van der Waals surface area contributed by atoms with Crippen molar-refractivity contribution in [3.05, 3.63) is 23.8 Å². The van der Waals surface area contributed by atoms with Crippen molar-refractivity contribution in [3.8, 4) is 11.5 Å². The summed E-state index contributed by atoms with van der Waals surface area (Å²) in [4.78, 5) is 0. The molecule has 0 amide bonds. The van der Waals surface area contributed by atoms with Crippen molar-refractivity contribution in [2.75, 3.05) is 20.8 Å². The van der Waals surface area contributed by atoms with Gasteiger partial charge in [0.15, 0.2) is 0 Å². The van der Waals surface area contributed by atoms with E-state index in [0.29, 0.717) is 30.0 Å². The second kappa shape index (κ2) is 5.56. The molecule has 2 N–H and O–H groups in total. The SMILES string of the molecule is COc1ccc(C(F)CCN)c(OC)c1. The molecule has 0 aliphatic rings. The Labute approximate surface area is 89.0 Å². The Bertz CT molecular complexity index is 317. The lowest BCUT2D eigenvalue weighted by atomic mass is 10.1. The van der Waals surface area contributed by atoms with Crippen molar-refractivity contribution in [2.45, 2.75) is 12.6 Å². The molecule has 0 spiro atoms. The van der Waals surface area contributed by atoms with Gasteiger partial charge in [-0.25, -0.2) is 4.39 Å². The van der Waals surface area contributed by atoms with E-state index in [1.165, 1.54) is 7.11 Å². The Hall–Kier alpha value is -1.29. The fourth-order valence-electron chi connectivity index (χ4n) is 1.38. The predicted molar refractivity (Wildman–Crippen MR) is 57.1 cm³/mol. The van der Waals surface area contributed by atoms with E-state index in [-0.39, 0.29) is 0 Å². The fraction of sp³-hybridized carbons (Fsp3) is 0.455. The van der Waals surface area contributed by atoms with Crippen LogP contribution in [-0.4, -0.2) is 20.8 Å². The van der Waals surface area contributed by atoms with Crippen molar-refractivity contribution >= 4 is 0 Å². The number of methoxy groups -OCH3 is 2. The molecule has 0 radical (unpaired) electrons. The first-order valence-electron chi connectivity index (χ1n) is 4.79. The van der Waals surface area contributed by atoms with Gasteiger partial charge in [-0.15, -0.1) is 0 Å². The van der Waals surface area contributed by atoms with E-state index in [9.17, 15) is 4.39 Å². The predicted octanol–water partition coefficient (Wildman–Crippen LogP) is 2.06. The lowest BCUT2D eigenvalue weighted by Crippen LogP contribution is -2.05. The topological polar surface area (TPSA) is 44.5 Å². The molecule has 0 saturated heterocycles. The molecule has 3 nitrogen and oxygen atoms in total.